The minimum Gasteiger partial charge on any atom is -0.277 e. The van der Waals surface area contributed by atoms with Crippen LogP contribution in [0.25, 0.3) is 33.8 Å². The Hall–Kier alpha value is -3.40. The summed E-state index contributed by atoms with van der Waals surface area (Å²) in [6.07, 6.45) is 5.81. The molecule has 0 atom stereocenters. The van der Waals surface area contributed by atoms with Crippen LogP contribution >= 0.6 is 0 Å². The van der Waals surface area contributed by atoms with Gasteiger partial charge in [-0.15, -0.1) is 0 Å². The van der Waals surface area contributed by atoms with Gasteiger partial charge in [-0.05, 0) is 18.2 Å². The molecule has 0 unspecified atom stereocenters. The molecule has 0 N–H and O–H groups in total. The van der Waals surface area contributed by atoms with Crippen molar-refractivity contribution >= 4 is 16.7 Å². The van der Waals surface area contributed by atoms with E-state index in [1.807, 2.05) is 18.6 Å². The van der Waals surface area contributed by atoms with Crippen molar-refractivity contribution in [1.82, 2.24) is 14.0 Å². The van der Waals surface area contributed by atoms with E-state index in [9.17, 15) is 0 Å². The maximum atomic E-state index is 4.28. The first-order valence-corrected chi connectivity index (χ1v) is 8.45. The Labute approximate surface area is 144 Å². The highest BCUT2D eigenvalue weighted by Gasteiger charge is 2.36. The molecule has 3 aromatic heterocycles. The van der Waals surface area contributed by atoms with Gasteiger partial charge in [0, 0.05) is 24.0 Å². The zero-order chi connectivity index (χ0) is 16.4. The molecular weight excluding hydrogens is 308 g/mol. The molecule has 4 heteroatoms. The van der Waals surface area contributed by atoms with Crippen LogP contribution in [-0.4, -0.2) is 14.0 Å². The Bertz CT molecular complexity index is 1260. The van der Waals surface area contributed by atoms with E-state index in [0.29, 0.717) is 0 Å². The van der Waals surface area contributed by atoms with Crippen LogP contribution in [0.4, 0.5) is 0 Å². The number of aromatic nitrogens is 4. The van der Waals surface area contributed by atoms with Gasteiger partial charge in [-0.2, -0.15) is 4.57 Å². The highest BCUT2D eigenvalue weighted by molar-refractivity contribution is 5.84. The van der Waals surface area contributed by atoms with E-state index in [0.717, 1.165) is 12.1 Å². The fourth-order valence-electron chi connectivity index (χ4n) is 4.05. The Morgan fingerprint density at radius 1 is 0.960 bits per heavy atom. The molecule has 0 radical (unpaired) electrons. The highest BCUT2D eigenvalue weighted by Crippen LogP contribution is 2.34. The molecule has 0 bridgehead atoms. The number of benzene rings is 2. The first-order chi connectivity index (χ1) is 12.4. The van der Waals surface area contributed by atoms with Gasteiger partial charge in [0.25, 0.3) is 11.5 Å². The van der Waals surface area contributed by atoms with Crippen molar-refractivity contribution < 1.29 is 4.57 Å². The summed E-state index contributed by atoms with van der Waals surface area (Å²) in [4.78, 5) is 4.28. The zero-order valence-electron chi connectivity index (χ0n) is 13.5. The maximum absolute atomic E-state index is 4.28. The molecule has 0 amide bonds. The quantitative estimate of drug-likeness (QED) is 0.425. The van der Waals surface area contributed by atoms with E-state index in [2.05, 4.69) is 79.2 Å². The summed E-state index contributed by atoms with van der Waals surface area (Å²) in [5, 5.41) is 0. The van der Waals surface area contributed by atoms with Crippen molar-refractivity contribution in [3.05, 3.63) is 84.8 Å². The predicted molar refractivity (Wildman–Crippen MR) is 96.8 cm³/mol. The molecule has 0 saturated carbocycles. The summed E-state index contributed by atoms with van der Waals surface area (Å²) < 4.78 is 7.01. The number of rotatable bonds is 1. The second kappa shape index (κ2) is 4.57. The largest absolute Gasteiger partial charge is 0.297 e. The van der Waals surface area contributed by atoms with E-state index in [4.69, 9.17) is 0 Å². The third kappa shape index (κ3) is 1.61. The van der Waals surface area contributed by atoms with Gasteiger partial charge in [0.1, 0.15) is 12.2 Å². The Morgan fingerprint density at radius 2 is 1.80 bits per heavy atom. The van der Waals surface area contributed by atoms with Crippen LogP contribution in [0.15, 0.2) is 79.3 Å². The van der Waals surface area contributed by atoms with Crippen LogP contribution in [-0.2, 0) is 6.54 Å². The summed E-state index contributed by atoms with van der Waals surface area (Å²) >= 11 is 0. The first-order valence-electron chi connectivity index (χ1n) is 8.45. The van der Waals surface area contributed by atoms with Crippen molar-refractivity contribution in [2.24, 2.45) is 0 Å². The third-order valence-electron chi connectivity index (χ3n) is 5.10. The molecule has 0 saturated heterocycles. The number of imidazole rings is 1. The van der Waals surface area contributed by atoms with Crippen molar-refractivity contribution in [1.29, 1.82) is 0 Å². The summed E-state index contributed by atoms with van der Waals surface area (Å²) in [5.74, 6) is 1.25. The van der Waals surface area contributed by atoms with Crippen LogP contribution in [0, 0.1) is 0 Å². The van der Waals surface area contributed by atoms with Crippen LogP contribution in [0.3, 0.4) is 0 Å². The number of hydrogen-bond acceptors (Lipinski definition) is 1. The first kappa shape index (κ1) is 13.0. The molecular formula is C21H15N4+. The molecule has 6 rings (SSSR count). The van der Waals surface area contributed by atoms with E-state index < -0.39 is 0 Å². The fraction of sp³-hybridized carbons (Fsp3) is 0.0476. The molecule has 5 aromatic rings. The standard InChI is InChI=1S/C21H15N4/c1-2-7-16(8-3-1)25-20-18-9-5-4-6-15(18)14-24(20)19-12-17-13-22-10-11-23(17)21(19)25/h1-13H,14H2/q+1. The van der Waals surface area contributed by atoms with Crippen LogP contribution < -0.4 is 4.57 Å². The lowest BCUT2D eigenvalue weighted by Gasteiger charge is -2.02. The fourth-order valence-corrected chi connectivity index (χ4v) is 4.05. The van der Waals surface area contributed by atoms with Crippen LogP contribution in [0.1, 0.15) is 5.56 Å². The van der Waals surface area contributed by atoms with Crippen molar-refractivity contribution in [3.63, 3.8) is 0 Å². The number of nitrogens with zero attached hydrogens (tertiary/aromatic N) is 4. The van der Waals surface area contributed by atoms with Gasteiger partial charge < -0.3 is 0 Å². The topological polar surface area (TPSA) is 26.1 Å². The Balaban J connectivity index is 1.84. The average Bonchev–Trinajstić information content (AvgIpc) is 3.30. The van der Waals surface area contributed by atoms with Gasteiger partial charge in [0.15, 0.2) is 5.52 Å². The molecule has 25 heavy (non-hydrogen) atoms. The smallest absolute Gasteiger partial charge is 0.277 e. The van der Waals surface area contributed by atoms with E-state index >= 15 is 0 Å². The number of fused-ring (bicyclic) bond motifs is 7. The van der Waals surface area contributed by atoms with Gasteiger partial charge in [-0.1, -0.05) is 36.4 Å². The van der Waals surface area contributed by atoms with Gasteiger partial charge in [-0.3, -0.25) is 9.38 Å². The number of para-hydroxylation sites is 1. The van der Waals surface area contributed by atoms with Gasteiger partial charge in [0.05, 0.1) is 17.3 Å². The van der Waals surface area contributed by atoms with Crippen molar-refractivity contribution in [2.45, 2.75) is 6.54 Å². The average molecular weight is 323 g/mol. The van der Waals surface area contributed by atoms with Gasteiger partial charge in [-0.25, -0.2) is 4.57 Å². The summed E-state index contributed by atoms with van der Waals surface area (Å²) in [5.41, 5.74) is 7.40. The summed E-state index contributed by atoms with van der Waals surface area (Å²) in [7, 11) is 0. The lowest BCUT2D eigenvalue weighted by atomic mass is 10.1. The zero-order valence-corrected chi connectivity index (χ0v) is 13.5. The van der Waals surface area contributed by atoms with Crippen molar-refractivity contribution in [2.75, 3.05) is 0 Å². The maximum Gasteiger partial charge on any atom is 0.297 e. The molecule has 1 aliphatic heterocycles. The molecule has 0 fully saturated rings. The molecule has 1 aliphatic rings. The van der Waals surface area contributed by atoms with Gasteiger partial charge in [0.2, 0.25) is 0 Å². The SMILES string of the molecule is c1ccc(-n2c3[n+](c4cc5cnccn5c42)Cc2ccccc2-3)cc1. The molecule has 118 valence electrons. The second-order valence-corrected chi connectivity index (χ2v) is 6.46. The second-order valence-electron chi connectivity index (χ2n) is 6.46. The van der Waals surface area contributed by atoms with Crippen molar-refractivity contribution in [3.8, 4) is 17.1 Å². The minimum atomic E-state index is 0.909. The van der Waals surface area contributed by atoms with Gasteiger partial charge >= 0.3 is 0 Å². The Morgan fingerprint density at radius 3 is 2.72 bits per heavy atom. The monoisotopic (exact) mass is 323 g/mol. The lowest BCUT2D eigenvalue weighted by Crippen LogP contribution is -2.31. The molecule has 0 spiro atoms. The normalized spacial score (nSPS) is 12.6. The van der Waals surface area contributed by atoms with E-state index in [-0.39, 0.29) is 0 Å². The highest BCUT2D eigenvalue weighted by atomic mass is 15.2. The van der Waals surface area contributed by atoms with Crippen LogP contribution in [0.5, 0.6) is 0 Å². The molecule has 2 aromatic carbocycles. The third-order valence-corrected chi connectivity index (χ3v) is 5.10. The summed E-state index contributed by atoms with van der Waals surface area (Å²) in [6, 6.07) is 21.5. The molecule has 0 aliphatic carbocycles. The Kier molecular flexibility index (Phi) is 2.37. The van der Waals surface area contributed by atoms with E-state index in [1.165, 1.54) is 33.8 Å². The van der Waals surface area contributed by atoms with E-state index in [1.54, 1.807) is 0 Å². The lowest BCUT2D eigenvalue weighted by molar-refractivity contribution is -0.645. The molecule has 4 heterocycles. The summed E-state index contributed by atoms with van der Waals surface area (Å²) in [6.45, 7) is 0.909. The minimum absolute atomic E-state index is 0.909. The predicted octanol–water partition coefficient (Wildman–Crippen LogP) is 3.59. The number of hydrogen-bond donors (Lipinski definition) is 0. The molecule has 4 nitrogen and oxygen atoms in total. The van der Waals surface area contributed by atoms with Crippen LogP contribution in [0.2, 0.25) is 0 Å².